The summed E-state index contributed by atoms with van der Waals surface area (Å²) in [5.41, 5.74) is -0.670. The highest BCUT2D eigenvalue weighted by molar-refractivity contribution is 5.74. The Kier molecular flexibility index (Phi) is 4.42. The Labute approximate surface area is 119 Å². The number of aromatic nitrogens is 3. The molecule has 6 heteroatoms. The van der Waals surface area contributed by atoms with Gasteiger partial charge in [0.15, 0.2) is 0 Å². The van der Waals surface area contributed by atoms with Gasteiger partial charge < -0.3 is 5.11 Å². The van der Waals surface area contributed by atoms with Gasteiger partial charge in [-0.3, -0.25) is 9.69 Å². The van der Waals surface area contributed by atoms with Crippen LogP contribution >= 0.6 is 0 Å². The minimum Gasteiger partial charge on any atom is -0.481 e. The van der Waals surface area contributed by atoms with E-state index in [0.29, 0.717) is 0 Å². The molecular weight excluding hydrogens is 256 g/mol. The Bertz CT molecular complexity index is 469. The molecule has 0 bridgehead atoms. The number of likely N-dealkylation sites (tertiary alicyclic amines) is 1. The van der Waals surface area contributed by atoms with Gasteiger partial charge in [-0.1, -0.05) is 0 Å². The van der Waals surface area contributed by atoms with Crippen LogP contribution in [0.5, 0.6) is 0 Å². The van der Waals surface area contributed by atoms with E-state index in [1.165, 1.54) is 0 Å². The lowest BCUT2D eigenvalue weighted by molar-refractivity contribution is -0.151. The molecule has 2 rings (SSSR count). The lowest BCUT2D eigenvalue weighted by Gasteiger charge is -2.39. The summed E-state index contributed by atoms with van der Waals surface area (Å²) in [5, 5.41) is 13.6. The highest BCUT2D eigenvalue weighted by atomic mass is 16.4. The molecule has 1 aromatic rings. The van der Waals surface area contributed by atoms with Crippen molar-refractivity contribution < 1.29 is 9.90 Å². The van der Waals surface area contributed by atoms with E-state index in [1.54, 1.807) is 6.33 Å². The maximum Gasteiger partial charge on any atom is 0.309 e. The number of carbonyl (C=O) groups is 1. The number of carboxylic acids is 1. The normalized spacial score (nSPS) is 21.1. The van der Waals surface area contributed by atoms with Crippen LogP contribution in [0.25, 0.3) is 0 Å². The third kappa shape index (κ3) is 3.00. The standard InChI is InChI=1S/C14H24N4O2/c1-4-18-12(15-10-16-18)9-17-7-5-6-11(8-17)14(2,3)13(19)20/h10-11H,4-9H2,1-3H3,(H,19,20). The molecule has 1 aliphatic rings. The molecule has 0 aliphatic carbocycles. The SMILES string of the molecule is CCn1ncnc1CN1CCCC(C(C)(C)C(=O)O)C1. The molecule has 1 fully saturated rings. The van der Waals surface area contributed by atoms with Gasteiger partial charge in [0, 0.05) is 13.1 Å². The van der Waals surface area contributed by atoms with Crippen LogP contribution in [0.4, 0.5) is 0 Å². The lowest BCUT2D eigenvalue weighted by Crippen LogP contribution is -2.44. The molecule has 0 spiro atoms. The molecule has 20 heavy (non-hydrogen) atoms. The monoisotopic (exact) mass is 280 g/mol. The summed E-state index contributed by atoms with van der Waals surface area (Å²) in [5.74, 6) is 0.439. The zero-order chi connectivity index (χ0) is 14.8. The van der Waals surface area contributed by atoms with Crippen LogP contribution in [0.1, 0.15) is 39.4 Å². The first-order chi connectivity index (χ1) is 9.45. The van der Waals surface area contributed by atoms with Gasteiger partial charge in [0.05, 0.1) is 12.0 Å². The van der Waals surface area contributed by atoms with E-state index in [9.17, 15) is 9.90 Å². The van der Waals surface area contributed by atoms with Gasteiger partial charge in [0.1, 0.15) is 12.2 Å². The van der Waals surface area contributed by atoms with E-state index in [2.05, 4.69) is 15.0 Å². The summed E-state index contributed by atoms with van der Waals surface area (Å²) in [7, 11) is 0. The second-order valence-electron chi connectivity index (χ2n) is 6.09. The first-order valence-electron chi connectivity index (χ1n) is 7.27. The van der Waals surface area contributed by atoms with Crippen LogP contribution in [0.2, 0.25) is 0 Å². The van der Waals surface area contributed by atoms with E-state index in [1.807, 2.05) is 25.5 Å². The van der Waals surface area contributed by atoms with Gasteiger partial charge in [-0.2, -0.15) is 5.10 Å². The minimum absolute atomic E-state index is 0.187. The van der Waals surface area contributed by atoms with E-state index in [-0.39, 0.29) is 5.92 Å². The van der Waals surface area contributed by atoms with Crippen LogP contribution < -0.4 is 0 Å². The number of carboxylic acid groups (broad SMARTS) is 1. The summed E-state index contributed by atoms with van der Waals surface area (Å²) >= 11 is 0. The van der Waals surface area contributed by atoms with Crippen molar-refractivity contribution in [3.05, 3.63) is 12.2 Å². The number of aryl methyl sites for hydroxylation is 1. The second-order valence-corrected chi connectivity index (χ2v) is 6.09. The van der Waals surface area contributed by atoms with Gasteiger partial charge in [-0.25, -0.2) is 9.67 Å². The summed E-state index contributed by atoms with van der Waals surface area (Å²) in [4.78, 5) is 18.0. The maximum absolute atomic E-state index is 11.4. The molecule has 1 saturated heterocycles. The van der Waals surface area contributed by atoms with Crippen LogP contribution in [0.3, 0.4) is 0 Å². The fraction of sp³-hybridized carbons (Fsp3) is 0.786. The van der Waals surface area contributed by atoms with Crippen molar-refractivity contribution in [3.63, 3.8) is 0 Å². The zero-order valence-electron chi connectivity index (χ0n) is 12.5. The fourth-order valence-corrected chi connectivity index (χ4v) is 2.84. The third-order valence-electron chi connectivity index (χ3n) is 4.44. The maximum atomic E-state index is 11.4. The molecule has 0 radical (unpaired) electrons. The lowest BCUT2D eigenvalue weighted by atomic mass is 9.74. The van der Waals surface area contributed by atoms with Crippen LogP contribution in [-0.2, 0) is 17.9 Å². The first-order valence-corrected chi connectivity index (χ1v) is 7.27. The van der Waals surface area contributed by atoms with Crippen molar-refractivity contribution in [2.45, 2.75) is 46.7 Å². The zero-order valence-corrected chi connectivity index (χ0v) is 12.5. The molecule has 0 aromatic carbocycles. The van der Waals surface area contributed by atoms with Crippen molar-refractivity contribution in [1.82, 2.24) is 19.7 Å². The highest BCUT2D eigenvalue weighted by Crippen LogP contribution is 2.34. The van der Waals surface area contributed by atoms with E-state index < -0.39 is 11.4 Å². The van der Waals surface area contributed by atoms with Gasteiger partial charge in [0.25, 0.3) is 0 Å². The number of piperidine rings is 1. The first kappa shape index (κ1) is 15.0. The molecule has 1 N–H and O–H groups in total. The van der Waals surface area contributed by atoms with Gasteiger partial charge in [0.2, 0.25) is 0 Å². The Morgan fingerprint density at radius 1 is 1.55 bits per heavy atom. The quantitative estimate of drug-likeness (QED) is 0.887. The van der Waals surface area contributed by atoms with Crippen molar-refractivity contribution in [2.75, 3.05) is 13.1 Å². The van der Waals surface area contributed by atoms with E-state index in [0.717, 1.165) is 44.8 Å². The minimum atomic E-state index is -0.707. The van der Waals surface area contributed by atoms with E-state index in [4.69, 9.17) is 0 Å². The average molecular weight is 280 g/mol. The summed E-state index contributed by atoms with van der Waals surface area (Å²) in [6.07, 6.45) is 3.61. The molecule has 6 nitrogen and oxygen atoms in total. The van der Waals surface area contributed by atoms with Crippen molar-refractivity contribution in [3.8, 4) is 0 Å². The predicted molar refractivity (Wildman–Crippen MR) is 75.1 cm³/mol. The summed E-state index contributed by atoms with van der Waals surface area (Å²) in [6.45, 7) is 9.09. The Balaban J connectivity index is 2.02. The Hall–Kier alpha value is -1.43. The highest BCUT2D eigenvalue weighted by Gasteiger charge is 2.39. The second kappa shape index (κ2) is 5.91. The summed E-state index contributed by atoms with van der Waals surface area (Å²) < 4.78 is 1.89. The van der Waals surface area contributed by atoms with Gasteiger partial charge in [-0.05, 0) is 46.1 Å². The fourth-order valence-electron chi connectivity index (χ4n) is 2.84. The largest absolute Gasteiger partial charge is 0.481 e. The molecule has 1 aliphatic heterocycles. The van der Waals surface area contributed by atoms with Crippen molar-refractivity contribution >= 4 is 5.97 Å². The predicted octanol–water partition coefficient (Wildman–Crippen LogP) is 1.62. The van der Waals surface area contributed by atoms with Crippen LogP contribution in [-0.4, -0.2) is 43.8 Å². The average Bonchev–Trinajstić information content (AvgIpc) is 2.86. The van der Waals surface area contributed by atoms with Gasteiger partial charge >= 0.3 is 5.97 Å². The Morgan fingerprint density at radius 2 is 2.30 bits per heavy atom. The smallest absolute Gasteiger partial charge is 0.309 e. The van der Waals surface area contributed by atoms with E-state index >= 15 is 0 Å². The number of hydrogen-bond acceptors (Lipinski definition) is 4. The molecule has 0 saturated carbocycles. The molecule has 1 atom stereocenters. The van der Waals surface area contributed by atoms with Gasteiger partial charge in [-0.15, -0.1) is 0 Å². The van der Waals surface area contributed by atoms with Crippen molar-refractivity contribution in [1.29, 1.82) is 0 Å². The van der Waals surface area contributed by atoms with Crippen LogP contribution in [0, 0.1) is 11.3 Å². The van der Waals surface area contributed by atoms with Crippen LogP contribution in [0.15, 0.2) is 6.33 Å². The third-order valence-corrected chi connectivity index (χ3v) is 4.44. The van der Waals surface area contributed by atoms with Crippen molar-refractivity contribution in [2.24, 2.45) is 11.3 Å². The number of nitrogens with zero attached hydrogens (tertiary/aromatic N) is 4. The number of aliphatic carboxylic acids is 1. The number of rotatable bonds is 5. The summed E-state index contributed by atoms with van der Waals surface area (Å²) in [6, 6.07) is 0. The molecule has 112 valence electrons. The molecule has 2 heterocycles. The molecular formula is C14H24N4O2. The molecule has 1 aromatic heterocycles. The number of hydrogen-bond donors (Lipinski definition) is 1. The molecule has 0 amide bonds. The topological polar surface area (TPSA) is 71.2 Å². The Morgan fingerprint density at radius 3 is 2.95 bits per heavy atom. The molecule has 1 unspecified atom stereocenters.